The number of halogens is 1. The first-order valence-electron chi connectivity index (χ1n) is 4.69. The number of aliphatic hydroxyl groups is 1. The quantitative estimate of drug-likeness (QED) is 0.631. The zero-order chi connectivity index (χ0) is 9.41. The lowest BCUT2D eigenvalue weighted by Gasteiger charge is -2.50. The largest absolute Gasteiger partial charge is 0.396 e. The maximum absolute atomic E-state index is 9.37. The summed E-state index contributed by atoms with van der Waals surface area (Å²) in [5.74, 6) is 0. The molecule has 12 heavy (non-hydrogen) atoms. The molecule has 1 fully saturated rings. The molecule has 0 aromatic heterocycles. The highest BCUT2D eigenvalue weighted by Crippen LogP contribution is 2.51. The Bertz CT molecular complexity index is 167. The van der Waals surface area contributed by atoms with E-state index in [1.54, 1.807) is 0 Å². The third kappa shape index (κ3) is 1.38. The summed E-state index contributed by atoms with van der Waals surface area (Å²) in [5.41, 5.74) is 0.0687. The van der Waals surface area contributed by atoms with E-state index in [2.05, 4.69) is 20.8 Å². The zero-order valence-corrected chi connectivity index (χ0v) is 8.99. The molecule has 1 rings (SSSR count). The zero-order valence-electron chi connectivity index (χ0n) is 8.23. The second-order valence-corrected chi connectivity index (χ2v) is 5.35. The smallest absolute Gasteiger partial charge is 0.0504 e. The van der Waals surface area contributed by atoms with Gasteiger partial charge in [-0.25, -0.2) is 0 Å². The van der Waals surface area contributed by atoms with Gasteiger partial charge in [0.2, 0.25) is 0 Å². The van der Waals surface area contributed by atoms with E-state index in [0.29, 0.717) is 0 Å². The summed E-state index contributed by atoms with van der Waals surface area (Å²) in [5, 5.41) is 9.50. The van der Waals surface area contributed by atoms with Gasteiger partial charge in [-0.1, -0.05) is 27.2 Å². The van der Waals surface area contributed by atoms with E-state index in [0.717, 1.165) is 6.42 Å². The Morgan fingerprint density at radius 3 is 2.33 bits per heavy atom. The van der Waals surface area contributed by atoms with Crippen LogP contribution in [0.1, 0.15) is 40.0 Å². The van der Waals surface area contributed by atoms with Crippen LogP contribution in [0.2, 0.25) is 0 Å². The van der Waals surface area contributed by atoms with E-state index in [-0.39, 0.29) is 22.8 Å². The van der Waals surface area contributed by atoms with Crippen LogP contribution in [0.15, 0.2) is 0 Å². The van der Waals surface area contributed by atoms with Crippen molar-refractivity contribution < 1.29 is 5.11 Å². The second-order valence-electron chi connectivity index (χ2n) is 4.82. The van der Waals surface area contributed by atoms with E-state index in [1.165, 1.54) is 12.8 Å². The van der Waals surface area contributed by atoms with E-state index in [4.69, 9.17) is 11.6 Å². The van der Waals surface area contributed by atoms with Crippen molar-refractivity contribution >= 4 is 11.6 Å². The normalized spacial score (nSPS) is 41.2. The second kappa shape index (κ2) is 3.19. The fourth-order valence-electron chi connectivity index (χ4n) is 2.06. The molecule has 0 bridgehead atoms. The van der Waals surface area contributed by atoms with Crippen LogP contribution in [-0.4, -0.2) is 17.1 Å². The van der Waals surface area contributed by atoms with Crippen molar-refractivity contribution in [2.45, 2.75) is 45.4 Å². The van der Waals surface area contributed by atoms with Gasteiger partial charge in [-0.2, -0.15) is 0 Å². The topological polar surface area (TPSA) is 20.2 Å². The highest BCUT2D eigenvalue weighted by Gasteiger charge is 2.47. The molecule has 1 aliphatic carbocycles. The first kappa shape index (κ1) is 10.3. The molecule has 2 heteroatoms. The Labute approximate surface area is 80.1 Å². The maximum Gasteiger partial charge on any atom is 0.0504 e. The Morgan fingerprint density at radius 1 is 1.42 bits per heavy atom. The minimum atomic E-state index is -0.104. The van der Waals surface area contributed by atoms with Crippen molar-refractivity contribution in [2.24, 2.45) is 10.8 Å². The number of rotatable bonds is 1. The van der Waals surface area contributed by atoms with Crippen LogP contribution in [0.25, 0.3) is 0 Å². The molecule has 1 nitrogen and oxygen atoms in total. The lowest BCUT2D eigenvalue weighted by Crippen LogP contribution is -2.48. The lowest BCUT2D eigenvalue weighted by atomic mass is 9.59. The number of alkyl halides is 1. The van der Waals surface area contributed by atoms with Crippen molar-refractivity contribution in [3.63, 3.8) is 0 Å². The molecule has 0 amide bonds. The molecular formula is C10H19ClO. The Balaban J connectivity index is 2.88. The van der Waals surface area contributed by atoms with Crippen LogP contribution in [-0.2, 0) is 0 Å². The van der Waals surface area contributed by atoms with Gasteiger partial charge in [0.05, 0.1) is 6.61 Å². The fraction of sp³-hybridized carbons (Fsp3) is 1.00. The van der Waals surface area contributed by atoms with Gasteiger partial charge >= 0.3 is 0 Å². The van der Waals surface area contributed by atoms with Gasteiger partial charge in [-0.05, 0) is 18.3 Å². The van der Waals surface area contributed by atoms with Gasteiger partial charge in [0, 0.05) is 10.8 Å². The van der Waals surface area contributed by atoms with Crippen LogP contribution in [0.5, 0.6) is 0 Å². The molecule has 0 heterocycles. The Hall–Kier alpha value is 0.250. The molecule has 0 aromatic carbocycles. The Morgan fingerprint density at radius 2 is 2.00 bits per heavy atom. The molecule has 1 aliphatic rings. The molecule has 0 aliphatic heterocycles. The first-order valence-corrected chi connectivity index (χ1v) is 5.12. The predicted molar refractivity (Wildman–Crippen MR) is 52.5 cm³/mol. The van der Waals surface area contributed by atoms with Crippen molar-refractivity contribution in [3.8, 4) is 0 Å². The molecule has 1 saturated carbocycles. The molecule has 2 atom stereocenters. The van der Waals surface area contributed by atoms with Gasteiger partial charge in [-0.3, -0.25) is 0 Å². The van der Waals surface area contributed by atoms with Crippen LogP contribution in [0.4, 0.5) is 0 Å². The predicted octanol–water partition coefficient (Wildman–Crippen LogP) is 2.80. The molecule has 0 saturated heterocycles. The van der Waals surface area contributed by atoms with Crippen LogP contribution in [0, 0.1) is 10.8 Å². The van der Waals surface area contributed by atoms with Gasteiger partial charge in [0.1, 0.15) is 0 Å². The average Bonchev–Trinajstić information content (AvgIpc) is 2.00. The summed E-state index contributed by atoms with van der Waals surface area (Å²) in [4.78, 5) is 0. The van der Waals surface area contributed by atoms with E-state index < -0.39 is 0 Å². The van der Waals surface area contributed by atoms with Gasteiger partial charge in [0.15, 0.2) is 0 Å². The third-order valence-electron chi connectivity index (χ3n) is 3.83. The van der Waals surface area contributed by atoms with Crippen molar-refractivity contribution in [3.05, 3.63) is 0 Å². The van der Waals surface area contributed by atoms with E-state index >= 15 is 0 Å². The van der Waals surface area contributed by atoms with Gasteiger partial charge in [0.25, 0.3) is 0 Å². The minimum Gasteiger partial charge on any atom is -0.396 e. The summed E-state index contributed by atoms with van der Waals surface area (Å²) in [6.45, 7) is 6.72. The number of aliphatic hydroxyl groups excluding tert-OH is 1. The summed E-state index contributed by atoms with van der Waals surface area (Å²) >= 11 is 6.25. The number of hydrogen-bond acceptors (Lipinski definition) is 1. The Kier molecular flexibility index (Phi) is 2.75. The fourth-order valence-corrected chi connectivity index (χ4v) is 2.58. The maximum atomic E-state index is 9.37. The molecule has 0 radical (unpaired) electrons. The third-order valence-corrected chi connectivity index (χ3v) is 4.53. The average molecular weight is 191 g/mol. The molecule has 72 valence electrons. The van der Waals surface area contributed by atoms with Crippen LogP contribution in [0.3, 0.4) is 0 Å². The van der Waals surface area contributed by atoms with Crippen molar-refractivity contribution in [1.29, 1.82) is 0 Å². The summed E-state index contributed by atoms with van der Waals surface area (Å²) in [6, 6.07) is 0. The standard InChI is InChI=1S/C10H19ClO/c1-9(2)6-4-5-8(11)10(9,3)7-12/h8,12H,4-7H2,1-3H3. The summed E-state index contributed by atoms with van der Waals surface area (Å²) in [7, 11) is 0. The highest BCUT2D eigenvalue weighted by molar-refractivity contribution is 6.21. The molecular weight excluding hydrogens is 172 g/mol. The number of hydrogen-bond donors (Lipinski definition) is 1. The summed E-state index contributed by atoms with van der Waals surface area (Å²) < 4.78 is 0. The first-order chi connectivity index (χ1) is 5.44. The van der Waals surface area contributed by atoms with Crippen LogP contribution < -0.4 is 0 Å². The van der Waals surface area contributed by atoms with E-state index in [1.807, 2.05) is 0 Å². The van der Waals surface area contributed by atoms with E-state index in [9.17, 15) is 5.11 Å². The molecule has 2 unspecified atom stereocenters. The van der Waals surface area contributed by atoms with Gasteiger partial charge in [-0.15, -0.1) is 11.6 Å². The van der Waals surface area contributed by atoms with Gasteiger partial charge < -0.3 is 5.11 Å². The van der Waals surface area contributed by atoms with Crippen molar-refractivity contribution in [1.82, 2.24) is 0 Å². The lowest BCUT2D eigenvalue weighted by molar-refractivity contribution is -0.0140. The monoisotopic (exact) mass is 190 g/mol. The molecule has 0 aromatic rings. The molecule has 0 spiro atoms. The summed E-state index contributed by atoms with van der Waals surface area (Å²) in [6.07, 6.45) is 3.41. The molecule has 1 N–H and O–H groups in total. The van der Waals surface area contributed by atoms with Crippen molar-refractivity contribution in [2.75, 3.05) is 6.61 Å². The van der Waals surface area contributed by atoms with Crippen LogP contribution >= 0.6 is 11.6 Å². The highest BCUT2D eigenvalue weighted by atomic mass is 35.5. The SMILES string of the molecule is CC1(C)CCCC(Cl)C1(C)CO. The minimum absolute atomic E-state index is 0.104.